The Labute approximate surface area is 86.8 Å². The van der Waals surface area contributed by atoms with Crippen LogP contribution in [0.2, 0.25) is 0 Å². The molecule has 0 aromatic heterocycles. The van der Waals surface area contributed by atoms with Crippen molar-refractivity contribution in [3.8, 4) is 0 Å². The summed E-state index contributed by atoms with van der Waals surface area (Å²) in [5.41, 5.74) is 5.10. The second-order valence-corrected chi connectivity index (χ2v) is 4.60. The first-order valence-corrected chi connectivity index (χ1v) is 5.05. The lowest BCUT2D eigenvalue weighted by Crippen LogP contribution is -2.40. The van der Waals surface area contributed by atoms with Crippen molar-refractivity contribution >= 4 is 5.91 Å². The van der Waals surface area contributed by atoms with Gasteiger partial charge < -0.3 is 16.0 Å². The molecule has 0 aromatic rings. The van der Waals surface area contributed by atoms with Crippen molar-refractivity contribution in [2.45, 2.75) is 20.8 Å². The molecule has 0 heterocycles. The van der Waals surface area contributed by atoms with Gasteiger partial charge in [0.2, 0.25) is 5.91 Å². The Bertz CT molecular complexity index is 175. The number of carbonyl (C=O) groups excluding carboxylic acids is 1. The van der Waals surface area contributed by atoms with Crippen LogP contribution in [0.25, 0.3) is 0 Å². The van der Waals surface area contributed by atoms with Gasteiger partial charge in [-0.05, 0) is 7.05 Å². The molecule has 0 atom stereocenters. The molecule has 0 aliphatic rings. The second kappa shape index (κ2) is 5.98. The lowest BCUT2D eigenvalue weighted by Gasteiger charge is -2.20. The van der Waals surface area contributed by atoms with E-state index in [0.29, 0.717) is 13.1 Å². The van der Waals surface area contributed by atoms with Crippen molar-refractivity contribution in [3.05, 3.63) is 0 Å². The zero-order chi connectivity index (χ0) is 11.2. The SMILES string of the molecule is CN(CCN)CCNC(=O)C(C)(C)C. The molecule has 0 fully saturated rings. The highest BCUT2D eigenvalue weighted by Crippen LogP contribution is 2.11. The van der Waals surface area contributed by atoms with Crippen molar-refractivity contribution in [2.75, 3.05) is 33.2 Å². The molecule has 0 saturated carbocycles. The fourth-order valence-corrected chi connectivity index (χ4v) is 0.958. The van der Waals surface area contributed by atoms with Crippen LogP contribution >= 0.6 is 0 Å². The van der Waals surface area contributed by atoms with Crippen LogP contribution in [0.15, 0.2) is 0 Å². The van der Waals surface area contributed by atoms with Crippen molar-refractivity contribution in [1.82, 2.24) is 10.2 Å². The van der Waals surface area contributed by atoms with E-state index in [-0.39, 0.29) is 11.3 Å². The topological polar surface area (TPSA) is 58.4 Å². The molecule has 0 radical (unpaired) electrons. The van der Waals surface area contributed by atoms with Crippen LogP contribution in [0.5, 0.6) is 0 Å². The third kappa shape index (κ3) is 5.94. The molecule has 14 heavy (non-hydrogen) atoms. The summed E-state index contributed by atoms with van der Waals surface area (Å²) in [7, 11) is 2.00. The van der Waals surface area contributed by atoms with Gasteiger partial charge in [-0.3, -0.25) is 4.79 Å². The number of nitrogens with zero attached hydrogens (tertiary/aromatic N) is 1. The van der Waals surface area contributed by atoms with Crippen LogP contribution < -0.4 is 11.1 Å². The lowest BCUT2D eigenvalue weighted by atomic mass is 9.96. The fourth-order valence-electron chi connectivity index (χ4n) is 0.958. The quantitative estimate of drug-likeness (QED) is 0.660. The van der Waals surface area contributed by atoms with Crippen molar-refractivity contribution in [1.29, 1.82) is 0 Å². The van der Waals surface area contributed by atoms with Crippen LogP contribution in [0.3, 0.4) is 0 Å². The van der Waals surface area contributed by atoms with Gasteiger partial charge in [-0.1, -0.05) is 20.8 Å². The van der Waals surface area contributed by atoms with E-state index in [1.54, 1.807) is 0 Å². The Morgan fingerprint density at radius 3 is 2.36 bits per heavy atom. The van der Waals surface area contributed by atoms with Gasteiger partial charge in [-0.2, -0.15) is 0 Å². The van der Waals surface area contributed by atoms with Gasteiger partial charge >= 0.3 is 0 Å². The number of rotatable bonds is 5. The molecule has 0 bridgehead atoms. The summed E-state index contributed by atoms with van der Waals surface area (Å²) in [6.07, 6.45) is 0. The van der Waals surface area contributed by atoms with E-state index >= 15 is 0 Å². The zero-order valence-electron chi connectivity index (χ0n) is 9.76. The minimum Gasteiger partial charge on any atom is -0.354 e. The van der Waals surface area contributed by atoms with E-state index in [2.05, 4.69) is 10.2 Å². The van der Waals surface area contributed by atoms with Gasteiger partial charge in [-0.15, -0.1) is 0 Å². The zero-order valence-corrected chi connectivity index (χ0v) is 9.76. The van der Waals surface area contributed by atoms with E-state index in [9.17, 15) is 4.79 Å². The summed E-state index contributed by atoms with van der Waals surface area (Å²) in [5.74, 6) is 0.0960. The predicted molar refractivity (Wildman–Crippen MR) is 59.0 cm³/mol. The average Bonchev–Trinajstić information content (AvgIpc) is 2.02. The normalized spacial score (nSPS) is 11.9. The summed E-state index contributed by atoms with van der Waals surface area (Å²) in [6, 6.07) is 0. The molecule has 4 nitrogen and oxygen atoms in total. The third-order valence-corrected chi connectivity index (χ3v) is 1.97. The average molecular weight is 201 g/mol. The standard InChI is InChI=1S/C10H23N3O/c1-10(2,3)9(14)12-6-8-13(4)7-5-11/h5-8,11H2,1-4H3,(H,12,14). The largest absolute Gasteiger partial charge is 0.354 e. The molecule has 3 N–H and O–H groups in total. The first kappa shape index (κ1) is 13.4. The summed E-state index contributed by atoms with van der Waals surface area (Å²) in [5, 5.41) is 2.89. The number of hydrogen-bond donors (Lipinski definition) is 2. The van der Waals surface area contributed by atoms with E-state index in [1.807, 2.05) is 27.8 Å². The van der Waals surface area contributed by atoms with E-state index < -0.39 is 0 Å². The summed E-state index contributed by atoms with van der Waals surface area (Å²) < 4.78 is 0. The number of nitrogens with one attached hydrogen (secondary N) is 1. The van der Waals surface area contributed by atoms with Gasteiger partial charge in [0.05, 0.1) is 0 Å². The van der Waals surface area contributed by atoms with E-state index in [0.717, 1.165) is 13.1 Å². The van der Waals surface area contributed by atoms with Crippen LogP contribution in [-0.2, 0) is 4.79 Å². The molecule has 0 saturated heterocycles. The number of hydrogen-bond acceptors (Lipinski definition) is 3. The van der Waals surface area contributed by atoms with Gasteiger partial charge in [0.15, 0.2) is 0 Å². The summed E-state index contributed by atoms with van der Waals surface area (Å²) in [4.78, 5) is 13.5. The van der Waals surface area contributed by atoms with Gasteiger partial charge in [0.25, 0.3) is 0 Å². The molecule has 0 aliphatic carbocycles. The number of nitrogens with two attached hydrogens (primary N) is 1. The van der Waals surface area contributed by atoms with Gasteiger partial charge in [0.1, 0.15) is 0 Å². The van der Waals surface area contributed by atoms with Crippen LogP contribution in [0, 0.1) is 5.41 Å². The molecular weight excluding hydrogens is 178 g/mol. The Morgan fingerprint density at radius 2 is 1.93 bits per heavy atom. The van der Waals surface area contributed by atoms with Crippen molar-refractivity contribution in [3.63, 3.8) is 0 Å². The summed E-state index contributed by atoms with van der Waals surface area (Å²) in [6.45, 7) is 8.78. The van der Waals surface area contributed by atoms with Crippen LogP contribution in [0.1, 0.15) is 20.8 Å². The minimum atomic E-state index is -0.299. The third-order valence-electron chi connectivity index (χ3n) is 1.97. The highest BCUT2D eigenvalue weighted by atomic mass is 16.2. The second-order valence-electron chi connectivity index (χ2n) is 4.60. The highest BCUT2D eigenvalue weighted by molar-refractivity contribution is 5.81. The van der Waals surface area contributed by atoms with Crippen molar-refractivity contribution < 1.29 is 4.79 Å². The molecule has 0 aromatic carbocycles. The number of carbonyl (C=O) groups is 1. The molecule has 4 heteroatoms. The van der Waals surface area contributed by atoms with Crippen LogP contribution in [0.4, 0.5) is 0 Å². The maximum atomic E-state index is 11.4. The fraction of sp³-hybridized carbons (Fsp3) is 0.900. The predicted octanol–water partition coefficient (Wildman–Crippen LogP) is 0.0392. The lowest BCUT2D eigenvalue weighted by molar-refractivity contribution is -0.128. The Morgan fingerprint density at radius 1 is 1.36 bits per heavy atom. The van der Waals surface area contributed by atoms with Crippen molar-refractivity contribution in [2.24, 2.45) is 11.1 Å². The molecule has 0 spiro atoms. The summed E-state index contributed by atoms with van der Waals surface area (Å²) >= 11 is 0. The van der Waals surface area contributed by atoms with Gasteiger partial charge in [-0.25, -0.2) is 0 Å². The Kier molecular flexibility index (Phi) is 5.72. The highest BCUT2D eigenvalue weighted by Gasteiger charge is 2.20. The minimum absolute atomic E-state index is 0.0960. The smallest absolute Gasteiger partial charge is 0.225 e. The molecule has 0 rings (SSSR count). The maximum Gasteiger partial charge on any atom is 0.225 e. The first-order chi connectivity index (χ1) is 6.38. The first-order valence-electron chi connectivity index (χ1n) is 5.05. The van der Waals surface area contributed by atoms with Gasteiger partial charge in [0, 0.05) is 31.6 Å². The molecule has 1 amide bonds. The molecular formula is C10H23N3O. The van der Waals surface area contributed by atoms with Crippen LogP contribution in [-0.4, -0.2) is 44.0 Å². The van der Waals surface area contributed by atoms with E-state index in [4.69, 9.17) is 5.73 Å². The molecule has 0 unspecified atom stereocenters. The molecule has 84 valence electrons. The maximum absolute atomic E-state index is 11.4. The Balaban J connectivity index is 3.59. The number of amides is 1. The molecule has 0 aliphatic heterocycles. The Hall–Kier alpha value is -0.610. The van der Waals surface area contributed by atoms with E-state index in [1.165, 1.54) is 0 Å². The monoisotopic (exact) mass is 201 g/mol. The number of likely N-dealkylation sites (N-methyl/N-ethyl adjacent to an activating group) is 1.